The summed E-state index contributed by atoms with van der Waals surface area (Å²) in [6.45, 7) is 10.0. The number of carbonyl (C=O) groups excluding carboxylic acids is 1. The van der Waals surface area contributed by atoms with Crippen molar-refractivity contribution in [2.75, 3.05) is 5.75 Å². The molecule has 0 amide bonds. The Kier molecular flexibility index (Phi) is 6.38. The van der Waals surface area contributed by atoms with E-state index in [-0.39, 0.29) is 27.5 Å². The van der Waals surface area contributed by atoms with Crippen LogP contribution in [0.15, 0.2) is 40.3 Å². The summed E-state index contributed by atoms with van der Waals surface area (Å²) >= 11 is 7.79. The molecule has 0 saturated carbocycles. The lowest BCUT2D eigenvalue weighted by atomic mass is 9.77. The Morgan fingerprint density at radius 2 is 1.85 bits per heavy atom. The molecule has 0 spiro atoms. The summed E-state index contributed by atoms with van der Waals surface area (Å²) in [5, 5.41) is 4.55. The molecule has 2 heterocycles. The highest BCUT2D eigenvalue weighted by molar-refractivity contribution is 7.99. The Morgan fingerprint density at radius 1 is 1.15 bits per heavy atom. The molecule has 0 radical (unpaired) electrons. The number of carbonyl (C=O) groups is 1. The van der Waals surface area contributed by atoms with Gasteiger partial charge in [-0.25, -0.2) is 4.68 Å². The van der Waals surface area contributed by atoms with Crippen LogP contribution in [0.1, 0.15) is 58.4 Å². The van der Waals surface area contributed by atoms with E-state index in [0.717, 1.165) is 23.3 Å². The molecule has 0 saturated heterocycles. The Labute approximate surface area is 209 Å². The van der Waals surface area contributed by atoms with Crippen LogP contribution in [0.2, 0.25) is 5.02 Å². The van der Waals surface area contributed by atoms with Crippen molar-refractivity contribution >= 4 is 39.3 Å². The second kappa shape index (κ2) is 8.73. The molecule has 0 N–H and O–H groups in total. The highest BCUT2D eigenvalue weighted by Gasteiger charge is 2.34. The minimum atomic E-state index is -4.22. The Bertz CT molecular complexity index is 1430. The largest absolute Gasteiger partial charge is 0.358 e. The maximum Gasteiger partial charge on any atom is 0.340 e. The smallest absolute Gasteiger partial charge is 0.340 e. The average molecular weight is 519 g/mol. The van der Waals surface area contributed by atoms with Crippen LogP contribution in [0.3, 0.4) is 0 Å². The van der Waals surface area contributed by atoms with E-state index < -0.39 is 10.1 Å². The van der Waals surface area contributed by atoms with Crippen molar-refractivity contribution in [1.29, 1.82) is 0 Å². The van der Waals surface area contributed by atoms with Crippen LogP contribution < -0.4 is 4.18 Å². The molecule has 1 aromatic heterocycles. The number of thioether (sulfide) groups is 1. The lowest BCUT2D eigenvalue weighted by Crippen LogP contribution is -2.26. The molecular weight excluding hydrogens is 492 g/mol. The number of halogens is 1. The zero-order valence-corrected chi connectivity index (χ0v) is 22.4. The van der Waals surface area contributed by atoms with Crippen molar-refractivity contribution < 1.29 is 17.4 Å². The van der Waals surface area contributed by atoms with Gasteiger partial charge in [-0.2, -0.15) is 13.5 Å². The third kappa shape index (κ3) is 4.27. The first-order chi connectivity index (χ1) is 15.8. The molecule has 6 nitrogen and oxygen atoms in total. The van der Waals surface area contributed by atoms with Crippen molar-refractivity contribution in [2.45, 2.75) is 56.2 Å². The number of aryl methyl sites for hydroxylation is 3. The number of fused-ring (bicyclic) bond motifs is 1. The van der Waals surface area contributed by atoms with Crippen molar-refractivity contribution in [1.82, 2.24) is 9.78 Å². The molecule has 2 aromatic carbocycles. The molecule has 34 heavy (non-hydrogen) atoms. The van der Waals surface area contributed by atoms with E-state index in [2.05, 4.69) is 18.9 Å². The van der Waals surface area contributed by atoms with Crippen molar-refractivity contribution in [3.8, 4) is 5.88 Å². The van der Waals surface area contributed by atoms with Crippen molar-refractivity contribution in [3.63, 3.8) is 0 Å². The summed E-state index contributed by atoms with van der Waals surface area (Å²) in [5.74, 6) is 0.597. The molecule has 0 bridgehead atoms. The van der Waals surface area contributed by atoms with Gasteiger partial charge in [0.25, 0.3) is 0 Å². The Balaban J connectivity index is 1.79. The Hall–Kier alpha value is -2.29. The zero-order valence-electron chi connectivity index (χ0n) is 20.0. The SMILES string of the molecule is Cc1cc(Cl)ccc1S(=O)(=O)Oc1c(C(=O)c2cc(C)c3c(c2C)C(C)(C)CCS3)cnn1C. The second-order valence-electron chi connectivity index (χ2n) is 9.32. The molecule has 0 unspecified atom stereocenters. The van der Waals surface area contributed by atoms with E-state index in [1.54, 1.807) is 20.0 Å². The highest BCUT2D eigenvalue weighted by Crippen LogP contribution is 2.46. The standard InChI is InChI=1S/C25H27ClN2O4S2/c1-14-11-17(26)7-8-20(14)34(30,31)32-24-19(13-27-28(24)6)22(29)18-12-15(2)23-21(16(18)3)25(4,5)9-10-33-23/h7-8,11-13H,9-10H2,1-6H3. The lowest BCUT2D eigenvalue weighted by molar-refractivity contribution is 0.103. The monoisotopic (exact) mass is 518 g/mol. The molecule has 4 rings (SSSR count). The number of benzene rings is 2. The first-order valence-electron chi connectivity index (χ1n) is 10.9. The van der Waals surface area contributed by atoms with Gasteiger partial charge in [0, 0.05) is 22.5 Å². The van der Waals surface area contributed by atoms with Crippen molar-refractivity contribution in [2.24, 2.45) is 7.05 Å². The molecule has 0 fully saturated rings. The van der Waals surface area contributed by atoms with Gasteiger partial charge in [0.2, 0.25) is 5.88 Å². The quantitative estimate of drug-likeness (QED) is 0.315. The molecule has 9 heteroatoms. The van der Waals surface area contributed by atoms with Gasteiger partial charge in [0.05, 0.1) is 6.20 Å². The predicted octanol–water partition coefficient (Wildman–Crippen LogP) is 5.77. The van der Waals surface area contributed by atoms with E-state index in [1.807, 2.05) is 31.7 Å². The van der Waals surface area contributed by atoms with Gasteiger partial charge in [-0.15, -0.1) is 11.8 Å². The fourth-order valence-electron chi connectivity index (χ4n) is 4.53. The topological polar surface area (TPSA) is 78.3 Å². The molecule has 0 atom stereocenters. The van der Waals surface area contributed by atoms with Gasteiger partial charge in [0.15, 0.2) is 5.78 Å². The maximum absolute atomic E-state index is 13.7. The third-order valence-corrected chi connectivity index (χ3v) is 9.18. The predicted molar refractivity (Wildman–Crippen MR) is 135 cm³/mol. The van der Waals surface area contributed by atoms with Gasteiger partial charge < -0.3 is 4.18 Å². The first-order valence-corrected chi connectivity index (χ1v) is 13.7. The maximum atomic E-state index is 13.7. The van der Waals surface area contributed by atoms with E-state index in [1.165, 1.54) is 33.5 Å². The molecule has 1 aliphatic rings. The van der Waals surface area contributed by atoms with E-state index >= 15 is 0 Å². The fourth-order valence-corrected chi connectivity index (χ4v) is 7.62. The summed E-state index contributed by atoms with van der Waals surface area (Å²) in [6.07, 6.45) is 2.37. The zero-order chi connectivity index (χ0) is 25.0. The fraction of sp³-hybridized carbons (Fsp3) is 0.360. The first kappa shape index (κ1) is 24.8. The third-order valence-electron chi connectivity index (χ3n) is 6.34. The van der Waals surface area contributed by atoms with Crippen LogP contribution in [-0.4, -0.2) is 29.7 Å². The lowest BCUT2D eigenvalue weighted by Gasteiger charge is -2.35. The molecule has 1 aliphatic heterocycles. The minimum absolute atomic E-state index is 0.0175. The van der Waals surface area contributed by atoms with E-state index in [9.17, 15) is 13.2 Å². The number of rotatable bonds is 5. The summed E-state index contributed by atoms with van der Waals surface area (Å²) in [4.78, 5) is 14.9. The number of aromatic nitrogens is 2. The Morgan fingerprint density at radius 3 is 2.53 bits per heavy atom. The van der Waals surface area contributed by atoms with Crippen LogP contribution in [0.4, 0.5) is 0 Å². The summed E-state index contributed by atoms with van der Waals surface area (Å²) in [7, 11) is -2.67. The van der Waals surface area contributed by atoms with Crippen LogP contribution in [0.5, 0.6) is 5.88 Å². The minimum Gasteiger partial charge on any atom is -0.358 e. The normalized spacial score (nSPS) is 15.1. The molecule has 3 aromatic rings. The molecule has 180 valence electrons. The van der Waals surface area contributed by atoms with Crippen LogP contribution in [-0.2, 0) is 22.6 Å². The van der Waals surface area contributed by atoms with E-state index in [4.69, 9.17) is 15.8 Å². The van der Waals surface area contributed by atoms with Crippen LogP contribution in [0, 0.1) is 20.8 Å². The van der Waals surface area contributed by atoms with Gasteiger partial charge in [-0.1, -0.05) is 25.4 Å². The van der Waals surface area contributed by atoms with E-state index in [0.29, 0.717) is 16.1 Å². The van der Waals surface area contributed by atoms with Gasteiger partial charge in [-0.3, -0.25) is 4.79 Å². The average Bonchev–Trinajstić information content (AvgIpc) is 3.08. The number of hydrogen-bond acceptors (Lipinski definition) is 6. The second-order valence-corrected chi connectivity index (χ2v) is 12.4. The van der Waals surface area contributed by atoms with Crippen LogP contribution >= 0.6 is 23.4 Å². The summed E-state index contributed by atoms with van der Waals surface area (Å²) in [6, 6.07) is 6.31. The number of ketones is 1. The summed E-state index contributed by atoms with van der Waals surface area (Å²) < 4.78 is 32.9. The highest BCUT2D eigenvalue weighted by atomic mass is 35.5. The van der Waals surface area contributed by atoms with Crippen LogP contribution in [0.25, 0.3) is 0 Å². The number of nitrogens with zero attached hydrogens (tertiary/aromatic N) is 2. The molecule has 0 aliphatic carbocycles. The number of hydrogen-bond donors (Lipinski definition) is 0. The van der Waals surface area contributed by atoms with Gasteiger partial charge >= 0.3 is 10.1 Å². The molecular formula is C25H27ClN2O4S2. The summed E-state index contributed by atoms with van der Waals surface area (Å²) in [5.41, 5.74) is 4.15. The van der Waals surface area contributed by atoms with Gasteiger partial charge in [-0.05, 0) is 84.9 Å². The van der Waals surface area contributed by atoms with Gasteiger partial charge in [0.1, 0.15) is 10.5 Å². The van der Waals surface area contributed by atoms with Crippen molar-refractivity contribution in [3.05, 3.63) is 68.9 Å².